The molecule has 0 aliphatic heterocycles. The molecule has 1 atom stereocenters. The van der Waals surface area contributed by atoms with Crippen molar-refractivity contribution in [1.29, 1.82) is 0 Å². The third kappa shape index (κ3) is 5.05. The van der Waals surface area contributed by atoms with Crippen LogP contribution >= 0.6 is 0 Å². The average Bonchev–Trinajstić information content (AvgIpc) is 3.30. The highest BCUT2D eigenvalue weighted by Gasteiger charge is 2.35. The molecule has 2 aromatic carbocycles. The normalized spacial score (nSPS) is 14.8. The number of hydrogen-bond acceptors (Lipinski definition) is 5. The molecule has 1 N–H and O–H groups in total. The Morgan fingerprint density at radius 1 is 1.00 bits per heavy atom. The maximum absolute atomic E-state index is 14.6. The maximum Gasteiger partial charge on any atom is 0.243 e. The van der Waals surface area contributed by atoms with Gasteiger partial charge in [0.1, 0.15) is 11.9 Å². The average molecular weight is 521 g/mol. The van der Waals surface area contributed by atoms with E-state index in [1.54, 1.807) is 16.7 Å². The Bertz CT molecular complexity index is 1440. The van der Waals surface area contributed by atoms with E-state index < -0.39 is 17.7 Å². The number of aromatic nitrogens is 3. The summed E-state index contributed by atoms with van der Waals surface area (Å²) in [6.07, 6.45) is 4.76. The Morgan fingerprint density at radius 3 is 2.45 bits per heavy atom. The first kappa shape index (κ1) is 25.6. The molecule has 2 heterocycles. The lowest BCUT2D eigenvalue weighted by Crippen LogP contribution is -2.37. The molecule has 5 rings (SSSR count). The molecule has 1 aliphatic carbocycles. The molecule has 1 aliphatic rings. The second-order valence-electron chi connectivity index (χ2n) is 9.52. The molecule has 4 aromatic rings. The Labute approximate surface area is 219 Å². The van der Waals surface area contributed by atoms with Gasteiger partial charge in [-0.2, -0.15) is 4.98 Å². The minimum Gasteiger partial charge on any atom is -0.481 e. The smallest absolute Gasteiger partial charge is 0.243 e. The van der Waals surface area contributed by atoms with Crippen LogP contribution in [0.1, 0.15) is 43.7 Å². The van der Waals surface area contributed by atoms with E-state index in [0.717, 1.165) is 49.8 Å². The number of imidazole rings is 1. The van der Waals surface area contributed by atoms with E-state index in [9.17, 15) is 13.6 Å². The molecule has 0 bridgehead atoms. The second-order valence-corrected chi connectivity index (χ2v) is 9.52. The second kappa shape index (κ2) is 11.2. The summed E-state index contributed by atoms with van der Waals surface area (Å²) in [5.41, 5.74) is 2.03. The van der Waals surface area contributed by atoms with E-state index in [-0.39, 0.29) is 23.2 Å². The number of amides is 1. The number of rotatable bonds is 8. The fourth-order valence-electron chi connectivity index (χ4n) is 5.31. The molecule has 1 saturated carbocycles. The molecular formula is C29H30F2N4O3. The van der Waals surface area contributed by atoms with Gasteiger partial charge in [-0.25, -0.2) is 13.8 Å². The molecule has 9 heteroatoms. The van der Waals surface area contributed by atoms with E-state index in [2.05, 4.69) is 15.3 Å². The molecule has 1 amide bonds. The van der Waals surface area contributed by atoms with Crippen molar-refractivity contribution in [3.05, 3.63) is 71.8 Å². The number of carbonyl (C=O) groups is 1. The van der Waals surface area contributed by atoms with Crippen molar-refractivity contribution in [2.45, 2.75) is 44.7 Å². The van der Waals surface area contributed by atoms with E-state index in [4.69, 9.17) is 9.47 Å². The lowest BCUT2D eigenvalue weighted by molar-refractivity contribution is -0.126. The quantitative estimate of drug-likeness (QED) is 0.316. The van der Waals surface area contributed by atoms with Crippen molar-refractivity contribution >= 4 is 16.9 Å². The monoisotopic (exact) mass is 520 g/mol. The van der Waals surface area contributed by atoms with Crippen LogP contribution in [0.2, 0.25) is 0 Å². The van der Waals surface area contributed by atoms with Gasteiger partial charge < -0.3 is 19.4 Å². The van der Waals surface area contributed by atoms with Crippen LogP contribution in [0.4, 0.5) is 8.78 Å². The molecule has 7 nitrogen and oxygen atoms in total. The van der Waals surface area contributed by atoms with Crippen LogP contribution in [0.5, 0.6) is 11.8 Å². The highest BCUT2D eigenvalue weighted by Crippen LogP contribution is 2.40. The number of fused-ring (bicyclic) bond motifs is 1. The Balaban J connectivity index is 1.68. The zero-order valence-electron chi connectivity index (χ0n) is 21.4. The number of halogens is 2. The first-order chi connectivity index (χ1) is 18.5. The fraction of sp³-hybridized carbons (Fsp3) is 0.345. The van der Waals surface area contributed by atoms with Crippen LogP contribution in [-0.2, 0) is 11.3 Å². The summed E-state index contributed by atoms with van der Waals surface area (Å²) in [7, 11) is 2.97. The summed E-state index contributed by atoms with van der Waals surface area (Å²) < 4.78 is 41.4. The van der Waals surface area contributed by atoms with Gasteiger partial charge in [0.15, 0.2) is 11.6 Å². The van der Waals surface area contributed by atoms with Gasteiger partial charge in [0.25, 0.3) is 0 Å². The van der Waals surface area contributed by atoms with Crippen LogP contribution < -0.4 is 14.8 Å². The molecule has 2 aromatic heterocycles. The van der Waals surface area contributed by atoms with E-state index in [1.165, 1.54) is 14.2 Å². The summed E-state index contributed by atoms with van der Waals surface area (Å²) in [6, 6.07) is 14.5. The largest absolute Gasteiger partial charge is 0.481 e. The zero-order chi connectivity index (χ0) is 26.6. The van der Waals surface area contributed by atoms with Crippen molar-refractivity contribution in [3.8, 4) is 23.1 Å². The number of pyridine rings is 1. The predicted molar refractivity (Wildman–Crippen MR) is 140 cm³/mol. The molecule has 38 heavy (non-hydrogen) atoms. The topological polar surface area (TPSA) is 78.3 Å². The number of benzene rings is 2. The molecule has 0 radical (unpaired) electrons. The van der Waals surface area contributed by atoms with E-state index >= 15 is 0 Å². The van der Waals surface area contributed by atoms with Crippen LogP contribution in [-0.4, -0.2) is 34.7 Å². The summed E-state index contributed by atoms with van der Waals surface area (Å²) in [5.74, 6) is -1.30. The van der Waals surface area contributed by atoms with Gasteiger partial charge in [0, 0.05) is 24.7 Å². The van der Waals surface area contributed by atoms with Gasteiger partial charge >= 0.3 is 0 Å². The Hall–Kier alpha value is -4.01. The number of ether oxygens (including phenoxy) is 2. The van der Waals surface area contributed by atoms with Gasteiger partial charge in [-0.05, 0) is 30.4 Å². The SMILES string of the molecule is COc1ccc(-c2nc3cc(F)c(F)cc3n2C(C(=O)NCc2ccccc2)C2CCCCC2)c(OC)n1. The number of nitrogens with zero attached hydrogens (tertiary/aromatic N) is 3. The van der Waals surface area contributed by atoms with Gasteiger partial charge in [-0.15, -0.1) is 0 Å². The Kier molecular flexibility index (Phi) is 7.53. The van der Waals surface area contributed by atoms with Crippen LogP contribution in [0, 0.1) is 17.6 Å². The molecular weight excluding hydrogens is 490 g/mol. The molecule has 198 valence electrons. The zero-order valence-corrected chi connectivity index (χ0v) is 21.4. The number of hydrogen-bond donors (Lipinski definition) is 1. The molecule has 1 unspecified atom stereocenters. The van der Waals surface area contributed by atoms with E-state index in [0.29, 0.717) is 29.3 Å². The number of carbonyl (C=O) groups excluding carboxylic acids is 1. The van der Waals surface area contributed by atoms with Crippen molar-refractivity contribution in [3.63, 3.8) is 0 Å². The standard InChI is InChI=1S/C29H30F2N4O3/c1-37-25-14-13-20(29(34-25)38-2)27-33-23-15-21(30)22(31)16-24(23)35(27)26(19-11-7-4-8-12-19)28(36)32-17-18-9-5-3-6-10-18/h3,5-6,9-10,13-16,19,26H,4,7-8,11-12,17H2,1-2H3,(H,32,36). The Morgan fingerprint density at radius 2 is 1.74 bits per heavy atom. The van der Waals surface area contributed by atoms with Crippen molar-refractivity contribution in [1.82, 2.24) is 19.9 Å². The first-order valence-electron chi connectivity index (χ1n) is 12.8. The minimum absolute atomic E-state index is 0.0130. The van der Waals surface area contributed by atoms with Crippen molar-refractivity contribution in [2.24, 2.45) is 5.92 Å². The van der Waals surface area contributed by atoms with Crippen LogP contribution in [0.15, 0.2) is 54.6 Å². The van der Waals surface area contributed by atoms with Crippen molar-refractivity contribution < 1.29 is 23.0 Å². The highest BCUT2D eigenvalue weighted by atomic mass is 19.2. The predicted octanol–water partition coefficient (Wildman–Crippen LogP) is 5.83. The van der Waals surface area contributed by atoms with Gasteiger partial charge in [0.2, 0.25) is 17.7 Å². The maximum atomic E-state index is 14.6. The van der Waals surface area contributed by atoms with Gasteiger partial charge in [-0.1, -0.05) is 49.6 Å². The lowest BCUT2D eigenvalue weighted by Gasteiger charge is -2.32. The van der Waals surface area contributed by atoms with Gasteiger partial charge in [0.05, 0.1) is 30.8 Å². The summed E-state index contributed by atoms with van der Waals surface area (Å²) in [5, 5.41) is 3.08. The van der Waals surface area contributed by atoms with Crippen molar-refractivity contribution in [2.75, 3.05) is 14.2 Å². The third-order valence-corrected chi connectivity index (χ3v) is 7.16. The van der Waals surface area contributed by atoms with Crippen LogP contribution in [0.25, 0.3) is 22.4 Å². The third-order valence-electron chi connectivity index (χ3n) is 7.16. The number of nitrogens with one attached hydrogen (secondary N) is 1. The minimum atomic E-state index is -1.00. The highest BCUT2D eigenvalue weighted by molar-refractivity contribution is 5.88. The first-order valence-corrected chi connectivity index (χ1v) is 12.8. The summed E-state index contributed by atoms with van der Waals surface area (Å²) >= 11 is 0. The molecule has 1 fully saturated rings. The van der Waals surface area contributed by atoms with E-state index in [1.807, 2.05) is 30.3 Å². The van der Waals surface area contributed by atoms with Crippen LogP contribution in [0.3, 0.4) is 0 Å². The molecule has 0 spiro atoms. The fourth-order valence-corrected chi connectivity index (χ4v) is 5.31. The summed E-state index contributed by atoms with van der Waals surface area (Å²) in [4.78, 5) is 23.0. The summed E-state index contributed by atoms with van der Waals surface area (Å²) in [6.45, 7) is 0.348. The molecule has 0 saturated heterocycles. The van der Waals surface area contributed by atoms with Gasteiger partial charge in [-0.3, -0.25) is 4.79 Å². The lowest BCUT2D eigenvalue weighted by atomic mass is 9.83. The number of methoxy groups -OCH3 is 2.